The number of benzene rings is 1. The predicted molar refractivity (Wildman–Crippen MR) is 90.2 cm³/mol. The van der Waals surface area contributed by atoms with Crippen molar-refractivity contribution in [3.05, 3.63) is 52.7 Å². The Bertz CT molecular complexity index is 582. The maximum absolute atomic E-state index is 12.1. The number of nitrogens with zero attached hydrogens (tertiary/aromatic N) is 1. The van der Waals surface area contributed by atoms with Gasteiger partial charge in [-0.15, -0.1) is 11.3 Å². The van der Waals surface area contributed by atoms with Crippen LogP contribution >= 0.6 is 11.3 Å². The molecular formula is C15H19N3OS2. The Morgan fingerprint density at radius 2 is 2.00 bits per heavy atom. The summed E-state index contributed by atoms with van der Waals surface area (Å²) in [7, 11) is 0.756. The molecule has 1 aromatic carbocycles. The highest BCUT2D eigenvalue weighted by Gasteiger charge is 2.04. The van der Waals surface area contributed by atoms with E-state index in [4.69, 9.17) is 0 Å². The number of hydrogen-bond acceptors (Lipinski definition) is 3. The van der Waals surface area contributed by atoms with E-state index in [1.54, 1.807) is 18.4 Å². The van der Waals surface area contributed by atoms with Gasteiger partial charge < -0.3 is 10.6 Å². The minimum Gasteiger partial charge on any atom is -0.355 e. The summed E-state index contributed by atoms with van der Waals surface area (Å²) in [6.07, 6.45) is 0. The van der Waals surface area contributed by atoms with Crippen LogP contribution < -0.4 is 10.6 Å². The Balaban J connectivity index is 1.72. The van der Waals surface area contributed by atoms with Crippen LogP contribution in [0, 0.1) is 0 Å². The van der Waals surface area contributed by atoms with E-state index in [1.807, 2.05) is 36.4 Å². The lowest BCUT2D eigenvalue weighted by atomic mass is 10.4. The van der Waals surface area contributed by atoms with Crippen LogP contribution in [-0.4, -0.2) is 29.5 Å². The van der Waals surface area contributed by atoms with E-state index in [1.165, 1.54) is 4.88 Å². The fourth-order valence-electron chi connectivity index (χ4n) is 1.76. The fourth-order valence-corrected chi connectivity index (χ4v) is 3.39. The van der Waals surface area contributed by atoms with Crippen LogP contribution in [0.1, 0.15) is 4.88 Å². The molecule has 2 aromatic rings. The smallest absolute Gasteiger partial charge is 0.191 e. The van der Waals surface area contributed by atoms with E-state index in [0.717, 1.165) is 17.4 Å². The number of rotatable bonds is 6. The number of aliphatic imine (C=N–C) groups is 1. The van der Waals surface area contributed by atoms with Gasteiger partial charge in [0.15, 0.2) is 5.96 Å². The van der Waals surface area contributed by atoms with Crippen molar-refractivity contribution >= 4 is 28.1 Å². The van der Waals surface area contributed by atoms with Crippen molar-refractivity contribution in [2.75, 3.05) is 19.3 Å². The minimum atomic E-state index is -0.979. The molecule has 4 nitrogen and oxygen atoms in total. The largest absolute Gasteiger partial charge is 0.355 e. The third kappa shape index (κ3) is 5.32. The van der Waals surface area contributed by atoms with Crippen molar-refractivity contribution in [2.24, 2.45) is 4.99 Å². The molecule has 0 bridgehead atoms. The second kappa shape index (κ2) is 8.59. The van der Waals surface area contributed by atoms with Crippen molar-refractivity contribution in [2.45, 2.75) is 11.4 Å². The van der Waals surface area contributed by atoms with Crippen LogP contribution in [-0.2, 0) is 17.3 Å². The third-order valence-electron chi connectivity index (χ3n) is 2.82. The predicted octanol–water partition coefficient (Wildman–Crippen LogP) is 2.22. The SMILES string of the molecule is CN=C(NCCS(=O)c1ccccc1)NCc1cccs1. The van der Waals surface area contributed by atoms with Gasteiger partial charge in [0.1, 0.15) is 0 Å². The van der Waals surface area contributed by atoms with Gasteiger partial charge in [-0.3, -0.25) is 9.20 Å². The lowest BCUT2D eigenvalue weighted by molar-refractivity contribution is 0.681. The molecule has 21 heavy (non-hydrogen) atoms. The highest BCUT2D eigenvalue weighted by atomic mass is 32.2. The van der Waals surface area contributed by atoms with Crippen molar-refractivity contribution in [1.29, 1.82) is 0 Å². The summed E-state index contributed by atoms with van der Waals surface area (Å²) in [5.74, 6) is 1.29. The highest BCUT2D eigenvalue weighted by Crippen LogP contribution is 2.07. The Labute approximate surface area is 131 Å². The van der Waals surface area contributed by atoms with E-state index in [9.17, 15) is 4.21 Å². The molecular weight excluding hydrogens is 302 g/mol. The van der Waals surface area contributed by atoms with Crippen LogP contribution in [0.3, 0.4) is 0 Å². The average molecular weight is 321 g/mol. The second-order valence-corrected chi connectivity index (χ2v) is 6.90. The summed E-state index contributed by atoms with van der Waals surface area (Å²) in [5, 5.41) is 8.47. The molecule has 112 valence electrons. The highest BCUT2D eigenvalue weighted by molar-refractivity contribution is 7.85. The van der Waals surface area contributed by atoms with Gasteiger partial charge in [-0.1, -0.05) is 24.3 Å². The van der Waals surface area contributed by atoms with E-state index >= 15 is 0 Å². The zero-order valence-corrected chi connectivity index (χ0v) is 13.5. The first kappa shape index (κ1) is 15.7. The molecule has 0 saturated carbocycles. The zero-order valence-electron chi connectivity index (χ0n) is 11.9. The molecule has 0 spiro atoms. The fraction of sp³-hybridized carbons (Fsp3) is 0.267. The number of hydrogen-bond donors (Lipinski definition) is 2. The maximum atomic E-state index is 12.1. The Hall–Kier alpha value is -1.66. The third-order valence-corrected chi connectivity index (χ3v) is 5.07. The number of guanidine groups is 1. The van der Waals surface area contributed by atoms with Crippen molar-refractivity contribution in [3.8, 4) is 0 Å². The van der Waals surface area contributed by atoms with E-state index in [2.05, 4.69) is 27.1 Å². The Morgan fingerprint density at radius 1 is 1.19 bits per heavy atom. The van der Waals surface area contributed by atoms with E-state index in [-0.39, 0.29) is 0 Å². The van der Waals surface area contributed by atoms with Gasteiger partial charge in [0.25, 0.3) is 0 Å². The van der Waals surface area contributed by atoms with Crippen molar-refractivity contribution in [1.82, 2.24) is 10.6 Å². The van der Waals surface area contributed by atoms with Crippen molar-refractivity contribution in [3.63, 3.8) is 0 Å². The molecule has 0 aliphatic rings. The molecule has 0 fully saturated rings. The summed E-state index contributed by atoms with van der Waals surface area (Å²) in [6.45, 7) is 1.37. The molecule has 0 amide bonds. The first-order valence-corrected chi connectivity index (χ1v) is 8.90. The minimum absolute atomic E-state index is 0.559. The van der Waals surface area contributed by atoms with Crippen LogP contribution in [0.2, 0.25) is 0 Å². The molecule has 0 aliphatic heterocycles. The van der Waals surface area contributed by atoms with Crippen LogP contribution in [0.4, 0.5) is 0 Å². The Morgan fingerprint density at radius 3 is 2.67 bits per heavy atom. The maximum Gasteiger partial charge on any atom is 0.191 e. The molecule has 2 rings (SSSR count). The molecule has 6 heteroatoms. The van der Waals surface area contributed by atoms with Gasteiger partial charge >= 0.3 is 0 Å². The summed E-state index contributed by atoms with van der Waals surface area (Å²) in [5.41, 5.74) is 0. The molecule has 1 unspecified atom stereocenters. The summed E-state index contributed by atoms with van der Waals surface area (Å²) >= 11 is 1.71. The van der Waals surface area contributed by atoms with Gasteiger partial charge in [0.05, 0.1) is 17.3 Å². The second-order valence-electron chi connectivity index (χ2n) is 4.29. The average Bonchev–Trinajstić information content (AvgIpc) is 3.04. The normalized spacial score (nSPS) is 12.9. The van der Waals surface area contributed by atoms with Crippen molar-refractivity contribution < 1.29 is 4.21 Å². The molecule has 0 saturated heterocycles. The topological polar surface area (TPSA) is 53.5 Å². The first-order valence-electron chi connectivity index (χ1n) is 6.70. The first-order chi connectivity index (χ1) is 10.3. The Kier molecular flexibility index (Phi) is 6.43. The zero-order chi connectivity index (χ0) is 14.9. The quantitative estimate of drug-likeness (QED) is 0.634. The van der Waals surface area contributed by atoms with Gasteiger partial charge in [-0.25, -0.2) is 0 Å². The number of nitrogens with one attached hydrogen (secondary N) is 2. The molecule has 1 heterocycles. The molecule has 1 aromatic heterocycles. The van der Waals surface area contributed by atoms with Gasteiger partial charge in [-0.05, 0) is 23.6 Å². The molecule has 1 atom stereocenters. The van der Waals surface area contributed by atoms with Crippen LogP contribution in [0.15, 0.2) is 57.7 Å². The molecule has 0 aliphatic carbocycles. The lowest BCUT2D eigenvalue weighted by Gasteiger charge is -2.11. The monoisotopic (exact) mass is 321 g/mol. The molecule has 2 N–H and O–H groups in total. The van der Waals surface area contributed by atoms with Crippen LogP contribution in [0.5, 0.6) is 0 Å². The van der Waals surface area contributed by atoms with Crippen LogP contribution in [0.25, 0.3) is 0 Å². The summed E-state index contributed by atoms with van der Waals surface area (Å²) in [4.78, 5) is 6.27. The van der Waals surface area contributed by atoms with Gasteiger partial charge in [0, 0.05) is 29.1 Å². The van der Waals surface area contributed by atoms with Gasteiger partial charge in [-0.2, -0.15) is 0 Å². The molecule has 0 radical (unpaired) electrons. The lowest BCUT2D eigenvalue weighted by Crippen LogP contribution is -2.38. The summed E-state index contributed by atoms with van der Waals surface area (Å²) < 4.78 is 12.1. The van der Waals surface area contributed by atoms with E-state index in [0.29, 0.717) is 12.3 Å². The summed E-state index contributed by atoms with van der Waals surface area (Å²) in [6, 6.07) is 13.6. The standard InChI is InChI=1S/C15H19N3OS2/c1-16-15(18-12-13-6-5-10-20-13)17-9-11-21(19)14-7-3-2-4-8-14/h2-8,10H,9,11-12H2,1H3,(H2,16,17,18). The number of thiophene rings is 1. The van der Waals surface area contributed by atoms with E-state index < -0.39 is 10.8 Å². The van der Waals surface area contributed by atoms with Gasteiger partial charge in [0.2, 0.25) is 0 Å².